The topological polar surface area (TPSA) is 118 Å². The zero-order chi connectivity index (χ0) is 7.15. The number of carboxylic acid groups (broad SMARTS) is 2. The standard InChI is InChI=1S/CH2O3.BH3O3.Ca.2H/c2*2-1(3)4;;;/h(H2,2,3,4);2-4H;;;/q;;+2;2*-1. The van der Waals surface area contributed by atoms with E-state index in [4.69, 9.17) is 30.1 Å². The molecule has 0 aromatic heterocycles. The van der Waals surface area contributed by atoms with Crippen molar-refractivity contribution in [3.63, 3.8) is 0 Å². The van der Waals surface area contributed by atoms with E-state index in [1.54, 1.807) is 0 Å². The number of rotatable bonds is 0. The van der Waals surface area contributed by atoms with Crippen LogP contribution in [0, 0.1) is 0 Å². The Morgan fingerprint density at radius 2 is 1.22 bits per heavy atom. The van der Waals surface area contributed by atoms with Crippen LogP contribution in [0.25, 0.3) is 0 Å². The molecule has 0 aromatic carbocycles. The number of hydrogen-bond donors (Lipinski definition) is 5. The first-order valence-electron chi connectivity index (χ1n) is 1.43. The molecule has 0 rings (SSSR count). The van der Waals surface area contributed by atoms with Crippen LogP contribution < -0.4 is 0 Å². The molecule has 0 fully saturated rings. The maximum atomic E-state index is 8.56. The molecule has 0 aliphatic carbocycles. The summed E-state index contributed by atoms with van der Waals surface area (Å²) >= 11 is 0. The SMILES string of the molecule is O=C(O)O.OB(O)O.[Ca+2].[H-].[H-]. The van der Waals surface area contributed by atoms with Crippen LogP contribution in [0.2, 0.25) is 0 Å². The van der Waals surface area contributed by atoms with Crippen molar-refractivity contribution in [2.75, 3.05) is 0 Å². The predicted molar refractivity (Wildman–Crippen MR) is 31.0 cm³/mol. The molecule has 0 heterocycles. The van der Waals surface area contributed by atoms with Crippen molar-refractivity contribution in [3.05, 3.63) is 0 Å². The molecule has 8 heteroatoms. The minimum absolute atomic E-state index is 0. The predicted octanol–water partition coefficient (Wildman–Crippen LogP) is -1.99. The van der Waals surface area contributed by atoms with E-state index in [0.717, 1.165) is 0 Å². The third-order valence-corrected chi connectivity index (χ3v) is 0. The molecule has 0 amide bonds. The van der Waals surface area contributed by atoms with Crippen LogP contribution in [0.3, 0.4) is 0 Å². The Kier molecular flexibility index (Phi) is 20.4. The van der Waals surface area contributed by atoms with Crippen LogP contribution in [0.5, 0.6) is 0 Å². The Morgan fingerprint density at radius 1 is 1.22 bits per heavy atom. The maximum absolute atomic E-state index is 8.56. The largest absolute Gasteiger partial charge is 2.00 e. The van der Waals surface area contributed by atoms with Gasteiger partial charge in [-0.25, -0.2) is 4.79 Å². The first-order chi connectivity index (χ1) is 3.46. The fourth-order valence-corrected chi connectivity index (χ4v) is 0. The molecule has 0 aromatic rings. The van der Waals surface area contributed by atoms with E-state index in [1.807, 2.05) is 0 Å². The van der Waals surface area contributed by atoms with E-state index in [2.05, 4.69) is 0 Å². The normalized spacial score (nSPS) is 5.67. The molecular formula is CH7BCaO6. The van der Waals surface area contributed by atoms with Gasteiger partial charge in [0.1, 0.15) is 0 Å². The van der Waals surface area contributed by atoms with Crippen molar-refractivity contribution in [2.45, 2.75) is 0 Å². The van der Waals surface area contributed by atoms with Crippen molar-refractivity contribution in [3.8, 4) is 0 Å². The molecule has 0 unspecified atom stereocenters. The minimum atomic E-state index is -2.17. The molecule has 0 spiro atoms. The van der Waals surface area contributed by atoms with Gasteiger partial charge in [0.05, 0.1) is 0 Å². The van der Waals surface area contributed by atoms with Gasteiger partial charge in [-0.3, -0.25) is 0 Å². The van der Waals surface area contributed by atoms with Gasteiger partial charge in [0.2, 0.25) is 0 Å². The molecule has 6 nitrogen and oxygen atoms in total. The van der Waals surface area contributed by atoms with Crippen molar-refractivity contribution in [1.82, 2.24) is 0 Å². The summed E-state index contributed by atoms with van der Waals surface area (Å²) < 4.78 is 0. The second kappa shape index (κ2) is 11.3. The minimum Gasteiger partial charge on any atom is -1.00 e. The number of hydrogen-bond acceptors (Lipinski definition) is 4. The summed E-state index contributed by atoms with van der Waals surface area (Å²) in [5.74, 6) is 0. The summed E-state index contributed by atoms with van der Waals surface area (Å²) in [6.07, 6.45) is -1.83. The Hall–Kier alpha value is 0.475. The monoisotopic (exact) mass is 166 g/mol. The molecule has 0 saturated carbocycles. The molecule has 5 N–H and O–H groups in total. The van der Waals surface area contributed by atoms with E-state index in [0.29, 0.717) is 0 Å². The third-order valence-electron chi connectivity index (χ3n) is 0. The van der Waals surface area contributed by atoms with Gasteiger partial charge >= 0.3 is 51.2 Å². The first-order valence-corrected chi connectivity index (χ1v) is 1.43. The van der Waals surface area contributed by atoms with Crippen molar-refractivity contribution >= 4 is 51.2 Å². The van der Waals surface area contributed by atoms with E-state index < -0.39 is 13.5 Å². The van der Waals surface area contributed by atoms with Gasteiger partial charge in [-0.2, -0.15) is 0 Å². The van der Waals surface area contributed by atoms with E-state index in [9.17, 15) is 0 Å². The van der Waals surface area contributed by atoms with Gasteiger partial charge in [0.25, 0.3) is 0 Å². The van der Waals surface area contributed by atoms with Crippen LogP contribution in [0.4, 0.5) is 4.79 Å². The molecule has 52 valence electrons. The summed E-state index contributed by atoms with van der Waals surface area (Å²) in [5.41, 5.74) is 0. The summed E-state index contributed by atoms with van der Waals surface area (Å²) in [6, 6.07) is 0. The summed E-state index contributed by atoms with van der Waals surface area (Å²) in [7, 11) is -2.17. The molecular weight excluding hydrogens is 159 g/mol. The molecule has 0 saturated heterocycles. The Balaban J connectivity index is -0.0000000171. The van der Waals surface area contributed by atoms with Crippen LogP contribution in [-0.2, 0) is 0 Å². The van der Waals surface area contributed by atoms with Gasteiger partial charge in [0.15, 0.2) is 0 Å². The molecule has 0 aliphatic rings. The van der Waals surface area contributed by atoms with Crippen LogP contribution >= 0.6 is 0 Å². The second-order valence-electron chi connectivity index (χ2n) is 0.629. The smallest absolute Gasteiger partial charge is 1.00 e. The zero-order valence-corrected chi connectivity index (χ0v) is 6.64. The Labute approximate surface area is 83.9 Å². The summed E-state index contributed by atoms with van der Waals surface area (Å²) in [4.78, 5) is 8.56. The fraction of sp³-hybridized carbons (Fsp3) is 0. The van der Waals surface area contributed by atoms with E-state index in [-0.39, 0.29) is 40.6 Å². The molecule has 0 atom stereocenters. The van der Waals surface area contributed by atoms with Gasteiger partial charge in [-0.15, -0.1) is 0 Å². The third kappa shape index (κ3) is 1580. The maximum Gasteiger partial charge on any atom is 2.00 e. The average Bonchev–Trinajstić information content (AvgIpc) is 1.25. The van der Waals surface area contributed by atoms with Gasteiger partial charge in [-0.1, -0.05) is 0 Å². The molecule has 0 radical (unpaired) electrons. The fourth-order valence-electron chi connectivity index (χ4n) is 0. The second-order valence-corrected chi connectivity index (χ2v) is 0.629. The van der Waals surface area contributed by atoms with Gasteiger partial charge < -0.3 is 28.1 Å². The van der Waals surface area contributed by atoms with Crippen molar-refractivity contribution in [1.29, 1.82) is 0 Å². The quantitative estimate of drug-likeness (QED) is 0.266. The van der Waals surface area contributed by atoms with Gasteiger partial charge in [0, 0.05) is 0 Å². The molecule has 0 aliphatic heterocycles. The Morgan fingerprint density at radius 3 is 1.22 bits per heavy atom. The Bertz CT molecular complexity index is 64.8. The summed E-state index contributed by atoms with van der Waals surface area (Å²) in [6.45, 7) is 0. The van der Waals surface area contributed by atoms with Crippen LogP contribution in [0.15, 0.2) is 0 Å². The van der Waals surface area contributed by atoms with E-state index in [1.165, 1.54) is 0 Å². The van der Waals surface area contributed by atoms with Gasteiger partial charge in [-0.05, 0) is 0 Å². The summed E-state index contributed by atoms with van der Waals surface area (Å²) in [5, 5.41) is 35.4. The van der Waals surface area contributed by atoms with Crippen LogP contribution in [-0.4, -0.2) is 76.5 Å². The van der Waals surface area contributed by atoms with Crippen molar-refractivity contribution in [2.24, 2.45) is 0 Å². The molecule has 9 heavy (non-hydrogen) atoms. The van der Waals surface area contributed by atoms with Crippen molar-refractivity contribution < 1.29 is 32.9 Å². The van der Waals surface area contributed by atoms with E-state index >= 15 is 0 Å². The molecule has 0 bridgehead atoms. The average molecular weight is 166 g/mol. The first kappa shape index (κ1) is 16.2. The zero-order valence-electron chi connectivity index (χ0n) is 6.43. The van der Waals surface area contributed by atoms with Crippen LogP contribution in [0.1, 0.15) is 2.85 Å². The number of carbonyl (C=O) groups is 1.